The number of hydrogen-bond donors (Lipinski definition) is 1. The molecule has 0 aliphatic carbocycles. The summed E-state index contributed by atoms with van der Waals surface area (Å²) in [5.74, 6) is 2.15. The van der Waals surface area contributed by atoms with Crippen LogP contribution in [-0.2, 0) is 7.05 Å². The fourth-order valence-corrected chi connectivity index (χ4v) is 2.19. The normalized spacial score (nSPS) is 12.1. The summed E-state index contributed by atoms with van der Waals surface area (Å²) in [5, 5.41) is 3.38. The van der Waals surface area contributed by atoms with Crippen molar-refractivity contribution in [3.8, 4) is 5.88 Å². The minimum atomic E-state index is -0.224. The van der Waals surface area contributed by atoms with Crippen LogP contribution in [0.25, 0.3) is 0 Å². The van der Waals surface area contributed by atoms with Gasteiger partial charge in [-0.25, -0.2) is 9.97 Å². The Morgan fingerprint density at radius 1 is 1.24 bits per heavy atom. The van der Waals surface area contributed by atoms with Crippen molar-refractivity contribution in [3.05, 3.63) is 60.7 Å². The van der Waals surface area contributed by atoms with E-state index in [1.54, 1.807) is 25.8 Å². The lowest BCUT2D eigenvalue weighted by atomic mass is 10.2. The first-order valence-electron chi connectivity index (χ1n) is 6.55. The van der Waals surface area contributed by atoms with Gasteiger partial charge in [-0.2, -0.15) is 0 Å². The Balaban J connectivity index is 1.99. The molecule has 0 saturated heterocycles. The molecule has 0 amide bonds. The number of nitrogens with zero attached hydrogens (tertiary/aromatic N) is 3. The summed E-state index contributed by atoms with van der Waals surface area (Å²) in [7, 11) is 3.54. The van der Waals surface area contributed by atoms with Crippen molar-refractivity contribution in [1.29, 1.82) is 0 Å². The second kappa shape index (κ2) is 5.70. The van der Waals surface area contributed by atoms with E-state index in [0.717, 1.165) is 17.3 Å². The molecule has 1 unspecified atom stereocenters. The molecular formula is C15H16N4O2. The smallest absolute Gasteiger partial charge is 0.237 e. The summed E-state index contributed by atoms with van der Waals surface area (Å²) in [6.45, 7) is 0. The Kier molecular flexibility index (Phi) is 3.59. The van der Waals surface area contributed by atoms with E-state index in [2.05, 4.69) is 15.3 Å². The zero-order valence-electron chi connectivity index (χ0n) is 11.9. The van der Waals surface area contributed by atoms with Gasteiger partial charge in [-0.05, 0) is 24.3 Å². The second-order valence-corrected chi connectivity index (χ2v) is 4.55. The lowest BCUT2D eigenvalue weighted by molar-refractivity contribution is 0.398. The van der Waals surface area contributed by atoms with E-state index in [-0.39, 0.29) is 6.04 Å². The molecule has 0 aliphatic rings. The molecule has 6 nitrogen and oxygen atoms in total. The van der Waals surface area contributed by atoms with Crippen LogP contribution >= 0.6 is 0 Å². The Hall–Kier alpha value is -2.76. The molecule has 1 atom stereocenters. The van der Waals surface area contributed by atoms with Crippen molar-refractivity contribution >= 4 is 5.69 Å². The average Bonchev–Trinajstić information content (AvgIpc) is 3.17. The number of aromatic nitrogens is 3. The average molecular weight is 284 g/mol. The number of hydrogen-bond acceptors (Lipinski definition) is 5. The molecule has 0 bridgehead atoms. The predicted octanol–water partition coefficient (Wildman–Crippen LogP) is 2.62. The van der Waals surface area contributed by atoms with Crippen molar-refractivity contribution in [1.82, 2.24) is 14.5 Å². The fraction of sp³-hybridized carbons (Fsp3) is 0.200. The highest BCUT2D eigenvalue weighted by molar-refractivity contribution is 5.54. The minimum absolute atomic E-state index is 0.224. The number of furan rings is 1. The van der Waals surface area contributed by atoms with Crippen LogP contribution < -0.4 is 10.1 Å². The predicted molar refractivity (Wildman–Crippen MR) is 78.2 cm³/mol. The molecular weight excluding hydrogens is 268 g/mol. The minimum Gasteiger partial charge on any atom is -0.480 e. The highest BCUT2D eigenvalue weighted by Crippen LogP contribution is 2.29. The van der Waals surface area contributed by atoms with Gasteiger partial charge in [-0.1, -0.05) is 0 Å². The number of anilines is 1. The van der Waals surface area contributed by atoms with E-state index < -0.39 is 0 Å². The maximum Gasteiger partial charge on any atom is 0.237 e. The van der Waals surface area contributed by atoms with Gasteiger partial charge in [0.15, 0.2) is 0 Å². The molecule has 21 heavy (non-hydrogen) atoms. The molecule has 0 fully saturated rings. The van der Waals surface area contributed by atoms with Gasteiger partial charge in [0, 0.05) is 25.6 Å². The lowest BCUT2D eigenvalue weighted by Gasteiger charge is -2.18. The SMILES string of the molecule is COc1ncccc1NC(c1ccco1)c1nccn1C. The molecule has 0 aliphatic heterocycles. The standard InChI is InChI=1S/C15H16N4O2/c1-19-9-8-16-14(19)13(12-6-4-10-21-12)18-11-5-3-7-17-15(11)20-2/h3-10,13,18H,1-2H3. The number of pyridine rings is 1. The third-order valence-corrected chi connectivity index (χ3v) is 3.21. The number of rotatable bonds is 5. The second-order valence-electron chi connectivity index (χ2n) is 4.55. The van der Waals surface area contributed by atoms with E-state index >= 15 is 0 Å². The zero-order valence-corrected chi connectivity index (χ0v) is 11.9. The molecule has 3 heterocycles. The maximum absolute atomic E-state index is 5.54. The third-order valence-electron chi connectivity index (χ3n) is 3.21. The van der Waals surface area contributed by atoms with E-state index in [0.29, 0.717) is 5.88 Å². The molecule has 108 valence electrons. The van der Waals surface area contributed by atoms with Gasteiger partial charge >= 0.3 is 0 Å². The largest absolute Gasteiger partial charge is 0.480 e. The first-order valence-corrected chi connectivity index (χ1v) is 6.55. The molecule has 0 aromatic carbocycles. The van der Waals surface area contributed by atoms with E-state index in [4.69, 9.17) is 9.15 Å². The van der Waals surface area contributed by atoms with Crippen LogP contribution in [0.3, 0.4) is 0 Å². The summed E-state index contributed by atoms with van der Waals surface area (Å²) in [5.41, 5.74) is 0.782. The summed E-state index contributed by atoms with van der Waals surface area (Å²) in [6.07, 6.45) is 6.99. The Morgan fingerprint density at radius 3 is 2.81 bits per heavy atom. The van der Waals surface area contributed by atoms with E-state index in [1.165, 1.54) is 0 Å². The topological polar surface area (TPSA) is 65.1 Å². The Labute approximate surface area is 122 Å². The summed E-state index contributed by atoms with van der Waals surface area (Å²) >= 11 is 0. The molecule has 0 saturated carbocycles. The van der Waals surface area contributed by atoms with Crippen molar-refractivity contribution in [2.75, 3.05) is 12.4 Å². The summed E-state index contributed by atoms with van der Waals surface area (Å²) < 4.78 is 12.8. The number of aryl methyl sites for hydroxylation is 1. The van der Waals surface area contributed by atoms with Crippen molar-refractivity contribution in [3.63, 3.8) is 0 Å². The van der Waals surface area contributed by atoms with Crippen LogP contribution in [0.15, 0.2) is 53.5 Å². The van der Waals surface area contributed by atoms with Gasteiger partial charge in [0.2, 0.25) is 5.88 Å². The van der Waals surface area contributed by atoms with Crippen LogP contribution in [-0.4, -0.2) is 21.6 Å². The highest BCUT2D eigenvalue weighted by Gasteiger charge is 2.22. The van der Waals surface area contributed by atoms with E-state index in [9.17, 15) is 0 Å². The number of ether oxygens (including phenoxy) is 1. The highest BCUT2D eigenvalue weighted by atomic mass is 16.5. The van der Waals surface area contributed by atoms with Gasteiger partial charge < -0.3 is 19.0 Å². The first-order chi connectivity index (χ1) is 10.3. The summed E-state index contributed by atoms with van der Waals surface area (Å²) in [6, 6.07) is 7.30. The number of nitrogens with one attached hydrogen (secondary N) is 1. The Bertz CT molecular complexity index is 706. The van der Waals surface area contributed by atoms with Crippen molar-refractivity contribution < 1.29 is 9.15 Å². The Morgan fingerprint density at radius 2 is 2.14 bits per heavy atom. The third kappa shape index (κ3) is 2.60. The van der Waals surface area contributed by atoms with Gasteiger partial charge in [-0.15, -0.1) is 0 Å². The van der Waals surface area contributed by atoms with Crippen LogP contribution in [0.1, 0.15) is 17.6 Å². The van der Waals surface area contributed by atoms with Gasteiger partial charge in [0.1, 0.15) is 17.6 Å². The van der Waals surface area contributed by atoms with Crippen LogP contribution in [0.2, 0.25) is 0 Å². The quantitative estimate of drug-likeness (QED) is 0.780. The monoisotopic (exact) mass is 284 g/mol. The zero-order chi connectivity index (χ0) is 14.7. The molecule has 1 N–H and O–H groups in total. The van der Waals surface area contributed by atoms with Gasteiger partial charge in [-0.3, -0.25) is 0 Å². The molecule has 3 rings (SSSR count). The van der Waals surface area contributed by atoms with E-state index in [1.807, 2.05) is 42.1 Å². The van der Waals surface area contributed by atoms with Crippen molar-refractivity contribution in [2.24, 2.45) is 7.05 Å². The maximum atomic E-state index is 5.54. The molecule has 3 aromatic rings. The van der Waals surface area contributed by atoms with Crippen LogP contribution in [0, 0.1) is 0 Å². The van der Waals surface area contributed by atoms with Gasteiger partial charge in [0.05, 0.1) is 19.1 Å². The lowest BCUT2D eigenvalue weighted by Crippen LogP contribution is -2.16. The number of methoxy groups -OCH3 is 1. The fourth-order valence-electron chi connectivity index (χ4n) is 2.19. The molecule has 0 radical (unpaired) electrons. The summed E-state index contributed by atoms with van der Waals surface area (Å²) in [4.78, 5) is 8.60. The van der Waals surface area contributed by atoms with Crippen LogP contribution in [0.5, 0.6) is 5.88 Å². The van der Waals surface area contributed by atoms with Crippen molar-refractivity contribution in [2.45, 2.75) is 6.04 Å². The number of imidazole rings is 1. The first kappa shape index (κ1) is 13.2. The molecule has 6 heteroatoms. The molecule has 3 aromatic heterocycles. The molecule has 0 spiro atoms. The van der Waals surface area contributed by atoms with Gasteiger partial charge in [0.25, 0.3) is 0 Å². The van der Waals surface area contributed by atoms with Crippen LogP contribution in [0.4, 0.5) is 5.69 Å².